The quantitative estimate of drug-likeness (QED) is 0.547. The molecule has 5 heteroatoms. The van der Waals surface area contributed by atoms with Crippen molar-refractivity contribution in [1.29, 1.82) is 0 Å². The van der Waals surface area contributed by atoms with Gasteiger partial charge in [0.1, 0.15) is 0 Å². The Morgan fingerprint density at radius 2 is 1.16 bits per heavy atom. The SMILES string of the molecule is CCO[Si](CCN(C(C)C)C(C)C)(OCC)OCC. The highest BCUT2D eigenvalue weighted by atomic mass is 28.4. The van der Waals surface area contributed by atoms with Gasteiger partial charge in [0, 0.05) is 44.5 Å². The van der Waals surface area contributed by atoms with Crippen LogP contribution in [0.25, 0.3) is 0 Å². The largest absolute Gasteiger partial charge is 0.502 e. The van der Waals surface area contributed by atoms with Crippen molar-refractivity contribution >= 4 is 8.80 Å². The molecular formula is C14H33NO3Si. The highest BCUT2D eigenvalue weighted by Gasteiger charge is 2.40. The molecule has 0 saturated heterocycles. The van der Waals surface area contributed by atoms with Gasteiger partial charge in [0.15, 0.2) is 0 Å². The lowest BCUT2D eigenvalue weighted by molar-refractivity contribution is 0.0648. The van der Waals surface area contributed by atoms with Crippen molar-refractivity contribution in [2.45, 2.75) is 66.6 Å². The maximum Gasteiger partial charge on any atom is 0.502 e. The third-order valence-corrected chi connectivity index (χ3v) is 6.12. The van der Waals surface area contributed by atoms with Crippen LogP contribution in [0.4, 0.5) is 0 Å². The topological polar surface area (TPSA) is 30.9 Å². The van der Waals surface area contributed by atoms with Gasteiger partial charge < -0.3 is 13.3 Å². The van der Waals surface area contributed by atoms with E-state index in [1.54, 1.807) is 0 Å². The van der Waals surface area contributed by atoms with Crippen molar-refractivity contribution in [2.75, 3.05) is 26.4 Å². The fourth-order valence-electron chi connectivity index (χ4n) is 2.38. The van der Waals surface area contributed by atoms with Gasteiger partial charge in [0.2, 0.25) is 0 Å². The molecule has 0 aromatic rings. The van der Waals surface area contributed by atoms with Crippen LogP contribution in [-0.2, 0) is 13.3 Å². The fraction of sp³-hybridized carbons (Fsp3) is 1.00. The first kappa shape index (κ1) is 19.1. The second-order valence-corrected chi connectivity index (χ2v) is 7.89. The predicted octanol–water partition coefficient (Wildman–Crippen LogP) is 3.15. The van der Waals surface area contributed by atoms with Crippen molar-refractivity contribution < 1.29 is 13.3 Å². The van der Waals surface area contributed by atoms with Crippen LogP contribution in [-0.4, -0.2) is 52.2 Å². The molecule has 0 aliphatic carbocycles. The van der Waals surface area contributed by atoms with Crippen LogP contribution in [0, 0.1) is 0 Å². The number of nitrogens with zero attached hydrogens (tertiary/aromatic N) is 1. The minimum atomic E-state index is -2.49. The molecule has 0 heterocycles. The summed E-state index contributed by atoms with van der Waals surface area (Å²) in [6, 6.07) is 1.91. The monoisotopic (exact) mass is 291 g/mol. The van der Waals surface area contributed by atoms with Crippen molar-refractivity contribution in [2.24, 2.45) is 0 Å². The fourth-order valence-corrected chi connectivity index (χ4v) is 4.91. The van der Waals surface area contributed by atoms with Gasteiger partial charge in [-0.3, -0.25) is 4.90 Å². The molecule has 0 fully saturated rings. The second-order valence-electron chi connectivity index (χ2n) is 5.16. The highest BCUT2D eigenvalue weighted by molar-refractivity contribution is 6.60. The lowest BCUT2D eigenvalue weighted by Crippen LogP contribution is -2.50. The van der Waals surface area contributed by atoms with Gasteiger partial charge in [-0.25, -0.2) is 0 Å². The van der Waals surface area contributed by atoms with E-state index in [1.807, 2.05) is 20.8 Å². The van der Waals surface area contributed by atoms with Crippen molar-refractivity contribution in [1.82, 2.24) is 4.90 Å². The van der Waals surface area contributed by atoms with E-state index < -0.39 is 8.80 Å². The van der Waals surface area contributed by atoms with E-state index in [4.69, 9.17) is 13.3 Å². The Balaban J connectivity index is 4.69. The van der Waals surface area contributed by atoms with E-state index in [9.17, 15) is 0 Å². The molecule has 0 aromatic heterocycles. The maximum atomic E-state index is 5.89. The molecule has 0 bridgehead atoms. The average molecular weight is 292 g/mol. The van der Waals surface area contributed by atoms with Crippen LogP contribution in [0.3, 0.4) is 0 Å². The molecule has 4 nitrogen and oxygen atoms in total. The summed E-state index contributed by atoms with van der Waals surface area (Å²) in [5.74, 6) is 0. The Labute approximate surface area is 120 Å². The Bertz CT molecular complexity index is 200. The first-order chi connectivity index (χ1) is 8.92. The van der Waals surface area contributed by atoms with Crippen LogP contribution < -0.4 is 0 Å². The number of hydrogen-bond donors (Lipinski definition) is 0. The summed E-state index contributed by atoms with van der Waals surface area (Å²) < 4.78 is 17.7. The molecule has 0 atom stereocenters. The predicted molar refractivity (Wildman–Crippen MR) is 82.4 cm³/mol. The summed E-state index contributed by atoms with van der Waals surface area (Å²) in [7, 11) is -2.49. The maximum absolute atomic E-state index is 5.89. The Hall–Kier alpha value is 0.0569. The molecule has 0 amide bonds. The molecule has 0 saturated carbocycles. The van der Waals surface area contributed by atoms with E-state index >= 15 is 0 Å². The van der Waals surface area contributed by atoms with Gasteiger partial charge in [-0.1, -0.05) is 0 Å². The van der Waals surface area contributed by atoms with Crippen molar-refractivity contribution in [3.63, 3.8) is 0 Å². The number of hydrogen-bond acceptors (Lipinski definition) is 4. The molecule has 0 aromatic carbocycles. The van der Waals surface area contributed by atoms with E-state index in [1.165, 1.54) is 0 Å². The number of rotatable bonds is 11. The summed E-state index contributed by atoms with van der Waals surface area (Å²) in [6.07, 6.45) is 0. The van der Waals surface area contributed by atoms with E-state index in [2.05, 4.69) is 32.6 Å². The lowest BCUT2D eigenvalue weighted by atomic mass is 10.2. The third kappa shape index (κ3) is 6.86. The standard InChI is InChI=1S/C14H33NO3Si/c1-8-16-19(17-9-2,18-10-3)12-11-15(13(4)5)14(6)7/h13-14H,8-12H2,1-7H3. The van der Waals surface area contributed by atoms with Gasteiger partial charge in [-0.05, 0) is 48.5 Å². The minimum Gasteiger partial charge on any atom is -0.374 e. The first-order valence-corrected chi connectivity index (χ1v) is 9.53. The average Bonchev–Trinajstić information content (AvgIpc) is 2.29. The van der Waals surface area contributed by atoms with Gasteiger partial charge in [-0.15, -0.1) is 0 Å². The Morgan fingerprint density at radius 1 is 0.789 bits per heavy atom. The molecule has 19 heavy (non-hydrogen) atoms. The molecule has 116 valence electrons. The van der Waals surface area contributed by atoms with Gasteiger partial charge >= 0.3 is 8.80 Å². The van der Waals surface area contributed by atoms with Crippen molar-refractivity contribution in [3.05, 3.63) is 0 Å². The van der Waals surface area contributed by atoms with Crippen LogP contribution in [0.15, 0.2) is 0 Å². The zero-order valence-electron chi connectivity index (χ0n) is 13.9. The molecule has 0 N–H and O–H groups in total. The summed E-state index contributed by atoms with van der Waals surface area (Å²) >= 11 is 0. The lowest BCUT2D eigenvalue weighted by Gasteiger charge is -2.34. The molecule has 0 spiro atoms. The van der Waals surface area contributed by atoms with Crippen LogP contribution in [0.1, 0.15) is 48.5 Å². The minimum absolute atomic E-state index is 0.525. The van der Waals surface area contributed by atoms with E-state index in [0.29, 0.717) is 31.9 Å². The second kappa shape index (κ2) is 9.88. The molecule has 0 rings (SSSR count). The molecule has 0 unspecified atom stereocenters. The normalized spacial score (nSPS) is 12.9. The summed E-state index contributed by atoms with van der Waals surface area (Å²) in [6.45, 7) is 17.8. The van der Waals surface area contributed by atoms with Gasteiger partial charge in [-0.2, -0.15) is 0 Å². The highest BCUT2D eigenvalue weighted by Crippen LogP contribution is 2.18. The van der Waals surface area contributed by atoms with Crippen molar-refractivity contribution in [3.8, 4) is 0 Å². The Morgan fingerprint density at radius 3 is 1.42 bits per heavy atom. The van der Waals surface area contributed by atoms with Crippen LogP contribution in [0.5, 0.6) is 0 Å². The van der Waals surface area contributed by atoms with Crippen LogP contribution in [0.2, 0.25) is 6.04 Å². The summed E-state index contributed by atoms with van der Waals surface area (Å²) in [5.41, 5.74) is 0. The summed E-state index contributed by atoms with van der Waals surface area (Å²) in [5, 5.41) is 0. The summed E-state index contributed by atoms with van der Waals surface area (Å²) in [4.78, 5) is 2.46. The van der Waals surface area contributed by atoms with E-state index in [-0.39, 0.29) is 0 Å². The van der Waals surface area contributed by atoms with Crippen LogP contribution >= 0.6 is 0 Å². The zero-order valence-corrected chi connectivity index (χ0v) is 14.9. The molecule has 0 aliphatic rings. The smallest absolute Gasteiger partial charge is 0.374 e. The first-order valence-electron chi connectivity index (χ1n) is 7.60. The van der Waals surface area contributed by atoms with Gasteiger partial charge in [0.05, 0.1) is 0 Å². The molecule has 0 radical (unpaired) electrons. The third-order valence-electron chi connectivity index (χ3n) is 3.10. The van der Waals surface area contributed by atoms with E-state index in [0.717, 1.165) is 12.6 Å². The zero-order chi connectivity index (χ0) is 14.9. The molecular weight excluding hydrogens is 258 g/mol. The Kier molecular flexibility index (Phi) is 9.91. The molecule has 0 aliphatic heterocycles. The van der Waals surface area contributed by atoms with Gasteiger partial charge in [0.25, 0.3) is 0 Å².